The van der Waals surface area contributed by atoms with Gasteiger partial charge in [0.05, 0.1) is 6.04 Å². The van der Waals surface area contributed by atoms with Crippen LogP contribution in [0.5, 0.6) is 0 Å². The van der Waals surface area contributed by atoms with Gasteiger partial charge in [-0.25, -0.2) is 0 Å². The molecular weight excluding hydrogens is 242 g/mol. The lowest BCUT2D eigenvalue weighted by atomic mass is 9.92. The Labute approximate surface area is 114 Å². The van der Waals surface area contributed by atoms with E-state index < -0.39 is 0 Å². The van der Waals surface area contributed by atoms with Gasteiger partial charge in [0.25, 0.3) is 0 Å². The second-order valence-electron chi connectivity index (χ2n) is 6.26. The molecule has 100 valence electrons. The van der Waals surface area contributed by atoms with Crippen LogP contribution in [0.15, 0.2) is 17.5 Å². The Morgan fingerprint density at radius 2 is 2.06 bits per heavy atom. The lowest BCUT2D eigenvalue weighted by Gasteiger charge is -2.27. The first-order valence-corrected chi connectivity index (χ1v) is 7.71. The zero-order valence-corrected chi connectivity index (χ0v) is 12.3. The van der Waals surface area contributed by atoms with Gasteiger partial charge in [0, 0.05) is 10.3 Å². The van der Waals surface area contributed by atoms with Crippen molar-refractivity contribution in [3.63, 3.8) is 0 Å². The monoisotopic (exact) mass is 265 g/mol. The molecule has 0 bridgehead atoms. The van der Waals surface area contributed by atoms with E-state index in [1.54, 1.807) is 11.3 Å². The van der Waals surface area contributed by atoms with Crippen molar-refractivity contribution in [2.45, 2.75) is 52.5 Å². The maximum absolute atomic E-state index is 12.2. The molecule has 1 amide bonds. The summed E-state index contributed by atoms with van der Waals surface area (Å²) in [5.41, 5.74) is -0.311. The van der Waals surface area contributed by atoms with Gasteiger partial charge >= 0.3 is 0 Å². The predicted octanol–water partition coefficient (Wildman–Crippen LogP) is 4.14. The Balaban J connectivity index is 2.13. The first-order chi connectivity index (χ1) is 8.48. The minimum Gasteiger partial charge on any atom is -0.348 e. The SMILES string of the molecule is CC(C)(C)C(=O)NC(c1cccs1)C1CCCC1. The first kappa shape index (κ1) is 13.6. The lowest BCUT2D eigenvalue weighted by molar-refractivity contribution is -0.129. The summed E-state index contributed by atoms with van der Waals surface area (Å²) >= 11 is 1.76. The van der Waals surface area contributed by atoms with Gasteiger partial charge in [-0.3, -0.25) is 4.79 Å². The standard InChI is InChI=1S/C15H23NOS/c1-15(2,3)14(17)16-13(11-7-4-5-8-11)12-9-6-10-18-12/h6,9-11,13H,4-5,7-8H2,1-3H3,(H,16,17). The highest BCUT2D eigenvalue weighted by Gasteiger charge is 2.31. The van der Waals surface area contributed by atoms with Gasteiger partial charge in [0.15, 0.2) is 0 Å². The van der Waals surface area contributed by atoms with Crippen LogP contribution in [-0.2, 0) is 4.79 Å². The van der Waals surface area contributed by atoms with Crippen molar-refractivity contribution < 1.29 is 4.79 Å². The predicted molar refractivity (Wildman–Crippen MR) is 76.6 cm³/mol. The second kappa shape index (κ2) is 5.43. The van der Waals surface area contributed by atoms with Crippen LogP contribution in [0.3, 0.4) is 0 Å². The molecular formula is C15H23NOS. The number of carbonyl (C=O) groups is 1. The molecule has 0 radical (unpaired) electrons. The van der Waals surface area contributed by atoms with E-state index >= 15 is 0 Å². The van der Waals surface area contributed by atoms with E-state index in [9.17, 15) is 4.79 Å². The molecule has 1 fully saturated rings. The molecule has 0 aliphatic heterocycles. The highest BCUT2D eigenvalue weighted by Crippen LogP contribution is 2.37. The molecule has 2 nitrogen and oxygen atoms in total. The fourth-order valence-electron chi connectivity index (χ4n) is 2.54. The molecule has 1 aliphatic carbocycles. The number of hydrogen-bond donors (Lipinski definition) is 1. The minimum atomic E-state index is -0.311. The van der Waals surface area contributed by atoms with Crippen molar-refractivity contribution in [3.8, 4) is 0 Å². The van der Waals surface area contributed by atoms with Gasteiger partial charge in [-0.1, -0.05) is 39.7 Å². The highest BCUT2D eigenvalue weighted by atomic mass is 32.1. The molecule has 1 aromatic heterocycles. The molecule has 0 spiro atoms. The molecule has 1 aromatic rings. The first-order valence-electron chi connectivity index (χ1n) is 6.83. The van der Waals surface area contributed by atoms with Gasteiger partial charge in [0.1, 0.15) is 0 Å². The van der Waals surface area contributed by atoms with E-state index in [1.807, 2.05) is 20.8 Å². The summed E-state index contributed by atoms with van der Waals surface area (Å²) in [6.45, 7) is 5.92. The molecule has 1 N–H and O–H groups in total. The third kappa shape index (κ3) is 3.14. The van der Waals surface area contributed by atoms with Crippen LogP contribution >= 0.6 is 11.3 Å². The average Bonchev–Trinajstić information content (AvgIpc) is 2.97. The van der Waals surface area contributed by atoms with Gasteiger partial charge in [-0.2, -0.15) is 0 Å². The van der Waals surface area contributed by atoms with Gasteiger partial charge in [-0.15, -0.1) is 11.3 Å². The van der Waals surface area contributed by atoms with Gasteiger partial charge in [0.2, 0.25) is 5.91 Å². The van der Waals surface area contributed by atoms with Crippen LogP contribution in [0.2, 0.25) is 0 Å². The number of rotatable bonds is 3. The summed E-state index contributed by atoms with van der Waals surface area (Å²) in [7, 11) is 0. The molecule has 3 heteroatoms. The zero-order chi connectivity index (χ0) is 13.2. The second-order valence-corrected chi connectivity index (χ2v) is 7.24. The Kier molecular flexibility index (Phi) is 4.10. The summed E-state index contributed by atoms with van der Waals surface area (Å²) in [6.07, 6.45) is 5.09. The summed E-state index contributed by atoms with van der Waals surface area (Å²) < 4.78 is 0. The molecule has 18 heavy (non-hydrogen) atoms. The number of nitrogens with one attached hydrogen (secondary N) is 1. The van der Waals surface area contributed by atoms with Crippen molar-refractivity contribution in [1.82, 2.24) is 5.32 Å². The Morgan fingerprint density at radius 1 is 1.39 bits per heavy atom. The third-order valence-corrected chi connectivity index (χ3v) is 4.64. The number of hydrogen-bond acceptors (Lipinski definition) is 2. The Bertz CT molecular complexity index is 385. The van der Waals surface area contributed by atoms with Crippen molar-refractivity contribution in [1.29, 1.82) is 0 Å². The van der Waals surface area contributed by atoms with Gasteiger partial charge < -0.3 is 5.32 Å². The summed E-state index contributed by atoms with van der Waals surface area (Å²) in [5, 5.41) is 5.37. The van der Waals surface area contributed by atoms with E-state index in [-0.39, 0.29) is 17.4 Å². The molecule has 1 heterocycles. The third-order valence-electron chi connectivity index (χ3n) is 3.69. The maximum atomic E-state index is 12.2. The molecule has 0 saturated heterocycles. The Morgan fingerprint density at radius 3 is 2.56 bits per heavy atom. The van der Waals surface area contributed by atoms with Gasteiger partial charge in [-0.05, 0) is 30.2 Å². The Hall–Kier alpha value is -0.830. The van der Waals surface area contributed by atoms with Crippen molar-refractivity contribution in [2.24, 2.45) is 11.3 Å². The highest BCUT2D eigenvalue weighted by molar-refractivity contribution is 7.10. The summed E-state index contributed by atoms with van der Waals surface area (Å²) in [4.78, 5) is 13.5. The summed E-state index contributed by atoms with van der Waals surface area (Å²) in [6, 6.07) is 4.45. The van der Waals surface area contributed by atoms with Crippen molar-refractivity contribution >= 4 is 17.2 Å². The van der Waals surface area contributed by atoms with E-state index in [1.165, 1.54) is 30.6 Å². The fraction of sp³-hybridized carbons (Fsp3) is 0.667. The summed E-state index contributed by atoms with van der Waals surface area (Å²) in [5.74, 6) is 0.780. The molecule has 1 saturated carbocycles. The fourth-order valence-corrected chi connectivity index (χ4v) is 3.41. The van der Waals surface area contributed by atoms with Crippen LogP contribution < -0.4 is 5.32 Å². The average molecular weight is 265 g/mol. The maximum Gasteiger partial charge on any atom is 0.225 e. The van der Waals surface area contributed by atoms with E-state index in [4.69, 9.17) is 0 Å². The van der Waals surface area contributed by atoms with Crippen LogP contribution in [0, 0.1) is 11.3 Å². The molecule has 2 rings (SSSR count). The van der Waals surface area contributed by atoms with Crippen molar-refractivity contribution in [3.05, 3.63) is 22.4 Å². The lowest BCUT2D eigenvalue weighted by Crippen LogP contribution is -2.39. The normalized spacial score (nSPS) is 18.8. The zero-order valence-electron chi connectivity index (χ0n) is 11.5. The van der Waals surface area contributed by atoms with Crippen LogP contribution in [0.25, 0.3) is 0 Å². The quantitative estimate of drug-likeness (QED) is 0.874. The van der Waals surface area contributed by atoms with Crippen LogP contribution in [-0.4, -0.2) is 5.91 Å². The van der Waals surface area contributed by atoms with Crippen molar-refractivity contribution in [2.75, 3.05) is 0 Å². The molecule has 0 aromatic carbocycles. The largest absolute Gasteiger partial charge is 0.348 e. The molecule has 1 aliphatic rings. The number of carbonyl (C=O) groups excluding carboxylic acids is 1. The van der Waals surface area contributed by atoms with Crippen LogP contribution in [0.1, 0.15) is 57.4 Å². The van der Waals surface area contributed by atoms with E-state index in [0.29, 0.717) is 5.92 Å². The smallest absolute Gasteiger partial charge is 0.225 e. The van der Waals surface area contributed by atoms with E-state index in [2.05, 4.69) is 22.8 Å². The number of amides is 1. The van der Waals surface area contributed by atoms with E-state index in [0.717, 1.165) is 0 Å². The number of thiophene rings is 1. The topological polar surface area (TPSA) is 29.1 Å². The minimum absolute atomic E-state index is 0.160. The van der Waals surface area contributed by atoms with Crippen LogP contribution in [0.4, 0.5) is 0 Å². The molecule has 1 atom stereocenters. The molecule has 1 unspecified atom stereocenters.